The lowest BCUT2D eigenvalue weighted by molar-refractivity contribution is 0.414. The second kappa shape index (κ2) is 8.87. The Labute approximate surface area is 132 Å². The van der Waals surface area contributed by atoms with Crippen LogP contribution in [0.15, 0.2) is 36.5 Å². The third-order valence-corrected chi connectivity index (χ3v) is 3.32. The molecule has 0 atom stereocenters. The molecule has 0 radical (unpaired) electrons. The van der Waals surface area contributed by atoms with Crippen LogP contribution in [0, 0.1) is 0 Å². The fourth-order valence-electron chi connectivity index (χ4n) is 2.08. The largest absolute Gasteiger partial charge is 0.497 e. The van der Waals surface area contributed by atoms with Gasteiger partial charge >= 0.3 is 0 Å². The molecule has 118 valence electrons. The van der Waals surface area contributed by atoms with Gasteiger partial charge < -0.3 is 15.4 Å². The van der Waals surface area contributed by atoms with Gasteiger partial charge in [-0.3, -0.25) is 0 Å². The molecule has 2 aromatic rings. The minimum atomic E-state index is 0.680. The van der Waals surface area contributed by atoms with Gasteiger partial charge in [-0.1, -0.05) is 25.5 Å². The number of unbranched alkanes of at least 4 members (excludes halogenated alkanes) is 1. The third-order valence-electron chi connectivity index (χ3n) is 3.32. The molecule has 0 saturated carbocycles. The van der Waals surface area contributed by atoms with Crippen molar-refractivity contribution in [2.24, 2.45) is 0 Å². The van der Waals surface area contributed by atoms with Gasteiger partial charge in [0.15, 0.2) is 0 Å². The number of anilines is 2. The summed E-state index contributed by atoms with van der Waals surface area (Å²) in [7, 11) is 1.69. The highest BCUT2D eigenvalue weighted by Crippen LogP contribution is 2.13. The van der Waals surface area contributed by atoms with Crippen molar-refractivity contribution in [2.75, 3.05) is 30.8 Å². The first-order chi connectivity index (χ1) is 10.8. The Bertz CT molecular complexity index is 574. The maximum atomic E-state index is 5.23. The standard InChI is InChI=1S/C17H24N4O/c1-3-4-10-19-17-20-12-9-16(21-17)18-11-8-14-6-5-7-15(13-14)22-2/h5-7,9,12-13H,3-4,8,10-11H2,1-2H3,(H2,18,19,20,21). The molecule has 0 bridgehead atoms. The Morgan fingerprint density at radius 1 is 1.14 bits per heavy atom. The fraction of sp³-hybridized carbons (Fsp3) is 0.412. The molecule has 0 unspecified atom stereocenters. The van der Waals surface area contributed by atoms with E-state index < -0.39 is 0 Å². The van der Waals surface area contributed by atoms with Crippen molar-refractivity contribution in [2.45, 2.75) is 26.2 Å². The summed E-state index contributed by atoms with van der Waals surface area (Å²) in [5.41, 5.74) is 1.24. The average Bonchev–Trinajstić information content (AvgIpc) is 2.56. The molecule has 1 aromatic heterocycles. The van der Waals surface area contributed by atoms with E-state index in [9.17, 15) is 0 Å². The normalized spacial score (nSPS) is 10.3. The topological polar surface area (TPSA) is 59.1 Å². The zero-order chi connectivity index (χ0) is 15.6. The van der Waals surface area contributed by atoms with Crippen LogP contribution in [-0.4, -0.2) is 30.2 Å². The summed E-state index contributed by atoms with van der Waals surface area (Å²) in [6.45, 7) is 3.89. The molecule has 0 saturated heterocycles. The summed E-state index contributed by atoms with van der Waals surface area (Å²) in [5.74, 6) is 2.42. The lowest BCUT2D eigenvalue weighted by Gasteiger charge is -2.09. The number of nitrogens with zero attached hydrogens (tertiary/aromatic N) is 2. The van der Waals surface area contributed by atoms with Gasteiger partial charge in [-0.2, -0.15) is 4.98 Å². The molecule has 0 aliphatic heterocycles. The monoisotopic (exact) mass is 300 g/mol. The number of nitrogens with one attached hydrogen (secondary N) is 2. The lowest BCUT2D eigenvalue weighted by atomic mass is 10.1. The summed E-state index contributed by atoms with van der Waals surface area (Å²) in [5, 5.41) is 6.56. The van der Waals surface area contributed by atoms with E-state index >= 15 is 0 Å². The van der Waals surface area contributed by atoms with Crippen molar-refractivity contribution < 1.29 is 4.74 Å². The van der Waals surface area contributed by atoms with E-state index in [0.717, 1.165) is 43.9 Å². The smallest absolute Gasteiger partial charge is 0.224 e. The Kier molecular flexibility index (Phi) is 6.48. The van der Waals surface area contributed by atoms with Gasteiger partial charge in [0.2, 0.25) is 5.95 Å². The van der Waals surface area contributed by atoms with Crippen molar-refractivity contribution >= 4 is 11.8 Å². The van der Waals surface area contributed by atoms with Crippen LogP contribution in [0.3, 0.4) is 0 Å². The second-order valence-corrected chi connectivity index (χ2v) is 5.07. The summed E-state index contributed by atoms with van der Waals surface area (Å²) in [4.78, 5) is 8.67. The van der Waals surface area contributed by atoms with Crippen LogP contribution >= 0.6 is 0 Å². The molecule has 2 rings (SSSR count). The van der Waals surface area contributed by atoms with E-state index in [1.54, 1.807) is 13.3 Å². The van der Waals surface area contributed by atoms with Crippen molar-refractivity contribution in [1.82, 2.24) is 9.97 Å². The number of hydrogen-bond acceptors (Lipinski definition) is 5. The molecule has 0 spiro atoms. The minimum absolute atomic E-state index is 0.680. The maximum Gasteiger partial charge on any atom is 0.224 e. The average molecular weight is 300 g/mol. The first-order valence-corrected chi connectivity index (χ1v) is 7.75. The molecule has 0 amide bonds. The highest BCUT2D eigenvalue weighted by atomic mass is 16.5. The zero-order valence-corrected chi connectivity index (χ0v) is 13.3. The van der Waals surface area contributed by atoms with Crippen molar-refractivity contribution in [3.05, 3.63) is 42.1 Å². The molecule has 22 heavy (non-hydrogen) atoms. The lowest BCUT2D eigenvalue weighted by Crippen LogP contribution is -2.09. The minimum Gasteiger partial charge on any atom is -0.497 e. The van der Waals surface area contributed by atoms with E-state index in [1.165, 1.54) is 5.56 Å². The fourth-order valence-corrected chi connectivity index (χ4v) is 2.08. The quantitative estimate of drug-likeness (QED) is 0.695. The Hall–Kier alpha value is -2.30. The molecule has 0 fully saturated rings. The van der Waals surface area contributed by atoms with Gasteiger partial charge in [0.05, 0.1) is 7.11 Å². The first kappa shape index (κ1) is 16.1. The summed E-state index contributed by atoms with van der Waals surface area (Å²) >= 11 is 0. The molecule has 1 aromatic carbocycles. The molecule has 2 N–H and O–H groups in total. The van der Waals surface area contributed by atoms with Crippen LogP contribution in [0.2, 0.25) is 0 Å². The molecule has 1 heterocycles. The van der Waals surface area contributed by atoms with Crippen LogP contribution in [0.4, 0.5) is 11.8 Å². The highest BCUT2D eigenvalue weighted by molar-refractivity contribution is 5.39. The SMILES string of the molecule is CCCCNc1nccc(NCCc2cccc(OC)c2)n1. The highest BCUT2D eigenvalue weighted by Gasteiger charge is 2.00. The van der Waals surface area contributed by atoms with Gasteiger partial charge in [0.25, 0.3) is 0 Å². The van der Waals surface area contributed by atoms with Gasteiger partial charge in [-0.05, 0) is 36.6 Å². The number of hydrogen-bond donors (Lipinski definition) is 2. The molecular weight excluding hydrogens is 276 g/mol. The van der Waals surface area contributed by atoms with Crippen LogP contribution in [0.5, 0.6) is 5.75 Å². The van der Waals surface area contributed by atoms with Crippen LogP contribution in [0.25, 0.3) is 0 Å². The zero-order valence-electron chi connectivity index (χ0n) is 13.3. The third kappa shape index (κ3) is 5.24. The summed E-state index contributed by atoms with van der Waals surface area (Å²) in [6.07, 6.45) is 4.97. The number of rotatable bonds is 9. The van der Waals surface area contributed by atoms with E-state index in [-0.39, 0.29) is 0 Å². The van der Waals surface area contributed by atoms with E-state index in [4.69, 9.17) is 4.74 Å². The van der Waals surface area contributed by atoms with Gasteiger partial charge in [0, 0.05) is 19.3 Å². The van der Waals surface area contributed by atoms with Gasteiger partial charge in [-0.25, -0.2) is 4.98 Å². The van der Waals surface area contributed by atoms with Gasteiger partial charge in [0.1, 0.15) is 11.6 Å². The molecule has 5 heteroatoms. The Balaban J connectivity index is 1.82. The summed E-state index contributed by atoms with van der Waals surface area (Å²) in [6, 6.07) is 10.0. The number of benzene rings is 1. The van der Waals surface area contributed by atoms with Crippen LogP contribution < -0.4 is 15.4 Å². The molecular formula is C17H24N4O. The number of aromatic nitrogens is 2. The summed E-state index contributed by atoms with van der Waals surface area (Å²) < 4.78 is 5.23. The maximum absolute atomic E-state index is 5.23. The van der Waals surface area contributed by atoms with E-state index in [0.29, 0.717) is 5.95 Å². The number of ether oxygens (including phenoxy) is 1. The molecule has 5 nitrogen and oxygen atoms in total. The van der Waals surface area contributed by atoms with Gasteiger partial charge in [-0.15, -0.1) is 0 Å². The predicted molar refractivity (Wildman–Crippen MR) is 90.6 cm³/mol. The van der Waals surface area contributed by atoms with Crippen molar-refractivity contribution in [1.29, 1.82) is 0 Å². The van der Waals surface area contributed by atoms with Crippen molar-refractivity contribution in [3.8, 4) is 5.75 Å². The van der Waals surface area contributed by atoms with Crippen LogP contribution in [0.1, 0.15) is 25.3 Å². The van der Waals surface area contributed by atoms with Crippen molar-refractivity contribution in [3.63, 3.8) is 0 Å². The second-order valence-electron chi connectivity index (χ2n) is 5.07. The molecule has 0 aliphatic rings. The number of methoxy groups -OCH3 is 1. The predicted octanol–water partition coefficient (Wildman–Crippen LogP) is 3.35. The van der Waals surface area contributed by atoms with E-state index in [2.05, 4.69) is 39.7 Å². The van der Waals surface area contributed by atoms with E-state index in [1.807, 2.05) is 18.2 Å². The Morgan fingerprint density at radius 2 is 2.05 bits per heavy atom. The van der Waals surface area contributed by atoms with Crippen LogP contribution in [-0.2, 0) is 6.42 Å². The Morgan fingerprint density at radius 3 is 2.86 bits per heavy atom. The first-order valence-electron chi connectivity index (χ1n) is 7.75. The molecule has 0 aliphatic carbocycles.